The standard InChI is InChI=1S/C18H13F3N6O3S2/c1-9(28)26-31-11-4-2-10(3-5-11)22-6-12-14-13(25-17(12)29)7-23-16-15(14)27(8-24-16)32(30)18(19,20)21/h2-8,25,29H,1H3,(H,26,28). The van der Waals surface area contributed by atoms with Gasteiger partial charge in [-0.3, -0.25) is 14.5 Å². The number of hydrogen-bond donors (Lipinski definition) is 3. The minimum atomic E-state index is -5.01. The van der Waals surface area contributed by atoms with Crippen molar-refractivity contribution >= 4 is 62.8 Å². The molecule has 1 atom stereocenters. The fourth-order valence-electron chi connectivity index (χ4n) is 2.87. The lowest BCUT2D eigenvalue weighted by atomic mass is 10.2. The van der Waals surface area contributed by atoms with Crippen molar-refractivity contribution in [1.29, 1.82) is 0 Å². The number of aromatic nitrogens is 4. The molecule has 0 saturated carbocycles. The van der Waals surface area contributed by atoms with Crippen molar-refractivity contribution in [2.24, 2.45) is 4.99 Å². The van der Waals surface area contributed by atoms with E-state index >= 15 is 0 Å². The first-order valence-electron chi connectivity index (χ1n) is 8.78. The second-order valence-corrected chi connectivity index (χ2v) is 8.62. The van der Waals surface area contributed by atoms with Gasteiger partial charge in [0.25, 0.3) is 0 Å². The van der Waals surface area contributed by atoms with Gasteiger partial charge in [0.1, 0.15) is 11.8 Å². The van der Waals surface area contributed by atoms with Gasteiger partial charge in [-0.2, -0.15) is 13.2 Å². The van der Waals surface area contributed by atoms with E-state index in [2.05, 4.69) is 24.7 Å². The molecular formula is C18H13F3N6O3S2. The van der Waals surface area contributed by atoms with Gasteiger partial charge >= 0.3 is 5.51 Å². The van der Waals surface area contributed by atoms with Crippen molar-refractivity contribution < 1.29 is 27.3 Å². The van der Waals surface area contributed by atoms with Crippen LogP contribution >= 0.6 is 11.9 Å². The monoisotopic (exact) mass is 482 g/mol. The number of carbonyl (C=O) groups excluding carboxylic acids is 1. The first kappa shape index (κ1) is 21.8. The van der Waals surface area contributed by atoms with E-state index in [1.165, 1.54) is 19.3 Å². The Kier molecular flexibility index (Phi) is 5.64. The number of aromatic hydroxyl groups is 1. The van der Waals surface area contributed by atoms with Gasteiger partial charge in [-0.05, 0) is 36.2 Å². The molecule has 1 unspecified atom stereocenters. The molecule has 0 saturated heterocycles. The summed E-state index contributed by atoms with van der Waals surface area (Å²) in [6.07, 6.45) is 3.37. The van der Waals surface area contributed by atoms with E-state index in [-0.39, 0.29) is 39.4 Å². The minimum Gasteiger partial charge on any atom is -0.494 e. The van der Waals surface area contributed by atoms with Crippen LogP contribution in [0.25, 0.3) is 22.1 Å². The summed E-state index contributed by atoms with van der Waals surface area (Å²) in [6.45, 7) is 1.39. The molecule has 3 heterocycles. The van der Waals surface area contributed by atoms with Gasteiger partial charge in [0.05, 0.1) is 23.0 Å². The third-order valence-electron chi connectivity index (χ3n) is 4.19. The summed E-state index contributed by atoms with van der Waals surface area (Å²) in [6, 6.07) is 6.75. The number of amides is 1. The van der Waals surface area contributed by atoms with Crippen LogP contribution in [0.3, 0.4) is 0 Å². The number of halogens is 3. The Balaban J connectivity index is 1.76. The summed E-state index contributed by atoms with van der Waals surface area (Å²) in [5, 5.41) is 10.5. The topological polar surface area (TPSA) is 125 Å². The van der Waals surface area contributed by atoms with Crippen molar-refractivity contribution in [2.45, 2.75) is 17.3 Å². The third-order valence-corrected chi connectivity index (χ3v) is 6.11. The number of pyridine rings is 1. The van der Waals surface area contributed by atoms with Gasteiger partial charge in [0.2, 0.25) is 16.9 Å². The van der Waals surface area contributed by atoms with E-state index in [1.807, 2.05) is 0 Å². The third kappa shape index (κ3) is 4.18. The number of imidazole rings is 1. The first-order chi connectivity index (χ1) is 15.1. The predicted molar refractivity (Wildman–Crippen MR) is 114 cm³/mol. The van der Waals surface area contributed by atoms with Crippen LogP contribution in [0.1, 0.15) is 12.5 Å². The fourth-order valence-corrected chi connectivity index (χ4v) is 4.10. The highest BCUT2D eigenvalue weighted by Gasteiger charge is 2.40. The number of carbonyl (C=O) groups is 1. The zero-order valence-electron chi connectivity index (χ0n) is 16.0. The molecule has 0 fully saturated rings. The molecule has 14 heteroatoms. The lowest BCUT2D eigenvalue weighted by Crippen LogP contribution is -2.22. The molecule has 166 valence electrons. The summed E-state index contributed by atoms with van der Waals surface area (Å²) in [5.41, 5.74) is -4.44. The molecule has 0 aliphatic heterocycles. The van der Waals surface area contributed by atoms with Crippen LogP contribution < -0.4 is 4.72 Å². The van der Waals surface area contributed by atoms with E-state index in [9.17, 15) is 27.3 Å². The molecule has 0 aliphatic carbocycles. The molecule has 0 bridgehead atoms. The molecule has 3 aromatic heterocycles. The predicted octanol–water partition coefficient (Wildman–Crippen LogP) is 3.54. The van der Waals surface area contributed by atoms with Crippen molar-refractivity contribution in [1.82, 2.24) is 23.6 Å². The maximum absolute atomic E-state index is 13.1. The van der Waals surface area contributed by atoms with Crippen molar-refractivity contribution in [2.75, 3.05) is 0 Å². The van der Waals surface area contributed by atoms with Crippen molar-refractivity contribution in [3.63, 3.8) is 0 Å². The van der Waals surface area contributed by atoms with Gasteiger partial charge in [-0.15, -0.1) is 0 Å². The highest BCUT2D eigenvalue weighted by atomic mass is 32.2. The Bertz CT molecular complexity index is 1380. The number of benzene rings is 1. The van der Waals surface area contributed by atoms with E-state index in [1.54, 1.807) is 24.3 Å². The maximum atomic E-state index is 13.1. The second-order valence-electron chi connectivity index (χ2n) is 6.38. The first-order valence-corrected chi connectivity index (χ1v) is 10.7. The Morgan fingerprint density at radius 3 is 2.69 bits per heavy atom. The fraction of sp³-hybridized carbons (Fsp3) is 0.111. The average molecular weight is 482 g/mol. The molecule has 9 nitrogen and oxygen atoms in total. The lowest BCUT2D eigenvalue weighted by molar-refractivity contribution is -0.117. The highest BCUT2D eigenvalue weighted by molar-refractivity contribution is 7.98. The number of nitrogens with zero attached hydrogens (tertiary/aromatic N) is 4. The number of alkyl halides is 3. The normalized spacial score (nSPS) is 13.2. The van der Waals surface area contributed by atoms with Crippen LogP contribution in [-0.2, 0) is 15.8 Å². The van der Waals surface area contributed by atoms with Gasteiger partial charge in [0.15, 0.2) is 11.5 Å². The number of rotatable bonds is 5. The van der Waals surface area contributed by atoms with Gasteiger partial charge in [-0.1, -0.05) is 0 Å². The molecule has 32 heavy (non-hydrogen) atoms. The number of H-pyrrole nitrogens is 1. The van der Waals surface area contributed by atoms with E-state index in [4.69, 9.17) is 0 Å². The van der Waals surface area contributed by atoms with Crippen LogP contribution in [-0.4, -0.2) is 45.9 Å². The molecule has 1 amide bonds. The van der Waals surface area contributed by atoms with Gasteiger partial charge in [-0.25, -0.2) is 18.1 Å². The van der Waals surface area contributed by atoms with E-state index in [0.717, 1.165) is 23.2 Å². The zero-order chi connectivity index (χ0) is 23.0. The molecular weight excluding hydrogens is 469 g/mol. The van der Waals surface area contributed by atoms with Gasteiger partial charge in [0, 0.05) is 23.4 Å². The largest absolute Gasteiger partial charge is 0.494 e. The molecule has 4 rings (SSSR count). The van der Waals surface area contributed by atoms with E-state index < -0.39 is 16.5 Å². The molecule has 0 aliphatic rings. The molecule has 0 spiro atoms. The Labute approximate surface area is 184 Å². The van der Waals surface area contributed by atoms with Crippen molar-refractivity contribution in [3.8, 4) is 5.88 Å². The highest BCUT2D eigenvalue weighted by Crippen LogP contribution is 2.33. The molecule has 4 aromatic rings. The number of hydrogen-bond acceptors (Lipinski definition) is 7. The number of nitrogens with one attached hydrogen (secondary N) is 2. The molecule has 1 aromatic carbocycles. The minimum absolute atomic E-state index is 0.0666. The van der Waals surface area contributed by atoms with Crippen LogP contribution in [0.2, 0.25) is 0 Å². The summed E-state index contributed by atoms with van der Waals surface area (Å²) < 4.78 is 54.2. The van der Waals surface area contributed by atoms with E-state index in [0.29, 0.717) is 9.66 Å². The Morgan fingerprint density at radius 1 is 1.31 bits per heavy atom. The summed E-state index contributed by atoms with van der Waals surface area (Å²) in [5.74, 6) is -0.542. The van der Waals surface area contributed by atoms with Crippen LogP contribution in [0.15, 0.2) is 46.7 Å². The smallest absolute Gasteiger partial charge is 0.491 e. The van der Waals surface area contributed by atoms with Crippen LogP contribution in [0, 0.1) is 0 Å². The lowest BCUT2D eigenvalue weighted by Gasteiger charge is -2.07. The second kappa shape index (κ2) is 8.27. The molecule has 3 N–H and O–H groups in total. The SMILES string of the molecule is CC(=O)NSc1ccc(N=Cc2c(O)[nH]c3cnc4ncn(S(=O)C(F)(F)F)c4c23)cc1. The van der Waals surface area contributed by atoms with Crippen LogP contribution in [0.4, 0.5) is 18.9 Å². The Morgan fingerprint density at radius 2 is 2.03 bits per heavy atom. The molecule has 0 radical (unpaired) electrons. The average Bonchev–Trinajstić information content (AvgIpc) is 3.30. The summed E-state index contributed by atoms with van der Waals surface area (Å²) in [7, 11) is -3.41. The number of fused-ring (bicyclic) bond motifs is 3. The summed E-state index contributed by atoms with van der Waals surface area (Å²) >= 11 is 1.13. The zero-order valence-corrected chi connectivity index (χ0v) is 17.7. The maximum Gasteiger partial charge on any atom is 0.491 e. The van der Waals surface area contributed by atoms with Gasteiger partial charge < -0.3 is 10.1 Å². The van der Waals surface area contributed by atoms with Crippen LogP contribution in [0.5, 0.6) is 5.88 Å². The quantitative estimate of drug-likeness (QED) is 0.295. The van der Waals surface area contributed by atoms with Crippen molar-refractivity contribution in [3.05, 3.63) is 42.4 Å². The number of aromatic amines is 1. The number of aliphatic imine (C=N–C) groups is 1. The summed E-state index contributed by atoms with van der Waals surface area (Å²) in [4.78, 5) is 26.4. The Hall–Kier alpha value is -3.39.